The van der Waals surface area contributed by atoms with Gasteiger partial charge in [-0.25, -0.2) is 9.59 Å². The Morgan fingerprint density at radius 2 is 1.64 bits per heavy atom. The Kier molecular flexibility index (Phi) is 7.35. The van der Waals surface area contributed by atoms with E-state index in [1.54, 1.807) is 41.7 Å². The second-order valence-electron chi connectivity index (χ2n) is 6.68. The van der Waals surface area contributed by atoms with E-state index in [2.05, 4.69) is 0 Å². The molecule has 0 spiro atoms. The summed E-state index contributed by atoms with van der Waals surface area (Å²) < 4.78 is 5.18. The molecule has 0 heterocycles. The second kappa shape index (κ2) is 8.00. The molecule has 7 nitrogen and oxygen atoms in total. The fourth-order valence-electron chi connectivity index (χ4n) is 1.92. The summed E-state index contributed by atoms with van der Waals surface area (Å²) in [6, 6.07) is -0.876. The van der Waals surface area contributed by atoms with Crippen molar-refractivity contribution in [2.24, 2.45) is 5.92 Å². The van der Waals surface area contributed by atoms with Crippen molar-refractivity contribution in [3.8, 4) is 0 Å². The average Bonchev–Trinajstić information content (AvgIpc) is 2.32. The van der Waals surface area contributed by atoms with Gasteiger partial charge in [-0.05, 0) is 26.7 Å². The lowest BCUT2D eigenvalue weighted by atomic mass is 10.0. The van der Waals surface area contributed by atoms with E-state index in [0.717, 1.165) is 0 Å². The molecule has 128 valence electrons. The van der Waals surface area contributed by atoms with Crippen molar-refractivity contribution in [1.82, 2.24) is 9.80 Å². The zero-order chi connectivity index (χ0) is 17.7. The number of aliphatic carboxylic acids is 1. The van der Waals surface area contributed by atoms with Crippen LogP contribution in [0.5, 0.6) is 0 Å². The highest BCUT2D eigenvalue weighted by atomic mass is 16.6. The van der Waals surface area contributed by atoms with Gasteiger partial charge in [0, 0.05) is 27.1 Å². The first-order chi connectivity index (χ1) is 9.86. The van der Waals surface area contributed by atoms with Crippen molar-refractivity contribution in [3.05, 3.63) is 0 Å². The summed E-state index contributed by atoms with van der Waals surface area (Å²) in [5.74, 6) is -1.56. The molecule has 0 unspecified atom stereocenters. The molecule has 0 radical (unpaired) electrons. The molecule has 7 heteroatoms. The standard InChI is InChI=1S/C15H28N2O5/c1-10(2)12(13(19)20)17(7)11(18)8-9-16(6)14(21)22-15(3,4)5/h10,12H,8-9H2,1-7H3,(H,19,20)/t12-/m0/s1. The summed E-state index contributed by atoms with van der Waals surface area (Å²) in [6.07, 6.45) is -0.468. The van der Waals surface area contributed by atoms with Gasteiger partial charge in [-0.2, -0.15) is 0 Å². The smallest absolute Gasteiger partial charge is 0.410 e. The lowest BCUT2D eigenvalue weighted by molar-refractivity contribution is -0.151. The van der Waals surface area contributed by atoms with Gasteiger partial charge < -0.3 is 19.6 Å². The van der Waals surface area contributed by atoms with Gasteiger partial charge in [0.2, 0.25) is 5.91 Å². The van der Waals surface area contributed by atoms with Gasteiger partial charge >= 0.3 is 12.1 Å². The molecule has 0 saturated heterocycles. The van der Waals surface area contributed by atoms with Crippen molar-refractivity contribution in [1.29, 1.82) is 0 Å². The number of likely N-dealkylation sites (N-methyl/N-ethyl adjacent to an activating group) is 1. The molecule has 1 N–H and O–H groups in total. The van der Waals surface area contributed by atoms with E-state index in [1.807, 2.05) is 0 Å². The molecule has 0 aliphatic carbocycles. The summed E-state index contributed by atoms with van der Waals surface area (Å²) in [5, 5.41) is 9.18. The second-order valence-corrected chi connectivity index (χ2v) is 6.68. The Morgan fingerprint density at radius 3 is 2.00 bits per heavy atom. The number of carboxylic acids is 1. The summed E-state index contributed by atoms with van der Waals surface area (Å²) >= 11 is 0. The first kappa shape index (κ1) is 20.2. The summed E-state index contributed by atoms with van der Waals surface area (Å²) in [7, 11) is 3.01. The van der Waals surface area contributed by atoms with Crippen LogP contribution >= 0.6 is 0 Å². The summed E-state index contributed by atoms with van der Waals surface area (Å²) in [6.45, 7) is 8.95. The van der Waals surface area contributed by atoms with E-state index in [4.69, 9.17) is 4.74 Å². The molecule has 1 atom stereocenters. The minimum atomic E-state index is -1.04. The van der Waals surface area contributed by atoms with Crippen LogP contribution in [0.3, 0.4) is 0 Å². The molecule has 0 aromatic rings. The number of nitrogens with zero attached hydrogens (tertiary/aromatic N) is 2. The minimum absolute atomic E-state index is 0.0444. The Bertz CT molecular complexity index is 415. The van der Waals surface area contributed by atoms with Crippen LogP contribution in [-0.4, -0.2) is 65.2 Å². The van der Waals surface area contributed by atoms with Crippen LogP contribution in [0.1, 0.15) is 41.0 Å². The van der Waals surface area contributed by atoms with Crippen LogP contribution in [0, 0.1) is 5.92 Å². The third-order valence-corrected chi connectivity index (χ3v) is 3.06. The van der Waals surface area contributed by atoms with E-state index in [9.17, 15) is 19.5 Å². The van der Waals surface area contributed by atoms with Gasteiger partial charge in [-0.3, -0.25) is 4.79 Å². The molecule has 0 bridgehead atoms. The SMILES string of the molecule is CC(C)[C@@H](C(=O)O)N(C)C(=O)CCN(C)C(=O)OC(C)(C)C. The maximum atomic E-state index is 12.1. The van der Waals surface area contributed by atoms with Gasteiger partial charge in [0.25, 0.3) is 0 Å². The number of ether oxygens (including phenoxy) is 1. The highest BCUT2D eigenvalue weighted by Gasteiger charge is 2.29. The van der Waals surface area contributed by atoms with Gasteiger partial charge in [0.05, 0.1) is 0 Å². The van der Waals surface area contributed by atoms with Crippen LogP contribution in [0.2, 0.25) is 0 Å². The molecule has 0 rings (SSSR count). The van der Waals surface area contributed by atoms with E-state index < -0.39 is 23.7 Å². The Hall–Kier alpha value is -1.79. The Balaban J connectivity index is 4.55. The number of hydrogen-bond donors (Lipinski definition) is 1. The Labute approximate surface area is 132 Å². The number of carbonyl (C=O) groups excluding carboxylic acids is 2. The highest BCUT2D eigenvalue weighted by Crippen LogP contribution is 2.12. The van der Waals surface area contributed by atoms with Crippen LogP contribution in [0.25, 0.3) is 0 Å². The van der Waals surface area contributed by atoms with E-state index in [0.29, 0.717) is 0 Å². The molecular weight excluding hydrogens is 288 g/mol. The molecule has 0 aromatic heterocycles. The van der Waals surface area contributed by atoms with Crippen LogP contribution in [-0.2, 0) is 14.3 Å². The average molecular weight is 316 g/mol. The minimum Gasteiger partial charge on any atom is -0.480 e. The van der Waals surface area contributed by atoms with Gasteiger partial charge in [-0.15, -0.1) is 0 Å². The number of amides is 2. The maximum Gasteiger partial charge on any atom is 0.410 e. The molecule has 22 heavy (non-hydrogen) atoms. The van der Waals surface area contributed by atoms with Crippen molar-refractivity contribution in [2.45, 2.75) is 52.7 Å². The van der Waals surface area contributed by atoms with E-state index in [1.165, 1.54) is 16.8 Å². The van der Waals surface area contributed by atoms with E-state index in [-0.39, 0.29) is 24.8 Å². The number of rotatable bonds is 6. The monoisotopic (exact) mass is 316 g/mol. The lowest BCUT2D eigenvalue weighted by Crippen LogP contribution is -2.46. The number of carboxylic acid groups (broad SMARTS) is 1. The fraction of sp³-hybridized carbons (Fsp3) is 0.800. The molecule has 0 saturated carbocycles. The van der Waals surface area contributed by atoms with Crippen molar-refractivity contribution >= 4 is 18.0 Å². The molecule has 0 fully saturated rings. The molecule has 0 aromatic carbocycles. The zero-order valence-corrected chi connectivity index (χ0v) is 14.5. The quantitative estimate of drug-likeness (QED) is 0.807. The van der Waals surface area contributed by atoms with Crippen LogP contribution in [0.4, 0.5) is 4.79 Å². The van der Waals surface area contributed by atoms with Crippen LogP contribution < -0.4 is 0 Å². The van der Waals surface area contributed by atoms with E-state index >= 15 is 0 Å². The Morgan fingerprint density at radius 1 is 1.14 bits per heavy atom. The zero-order valence-electron chi connectivity index (χ0n) is 14.5. The number of hydrogen-bond acceptors (Lipinski definition) is 4. The first-order valence-corrected chi connectivity index (χ1v) is 7.29. The lowest BCUT2D eigenvalue weighted by Gasteiger charge is -2.29. The first-order valence-electron chi connectivity index (χ1n) is 7.29. The predicted molar refractivity (Wildman–Crippen MR) is 82.5 cm³/mol. The van der Waals surface area contributed by atoms with Crippen molar-refractivity contribution < 1.29 is 24.2 Å². The summed E-state index contributed by atoms with van der Waals surface area (Å²) in [5.41, 5.74) is -0.599. The molecule has 2 amide bonds. The summed E-state index contributed by atoms with van der Waals surface area (Å²) in [4.78, 5) is 37.6. The fourth-order valence-corrected chi connectivity index (χ4v) is 1.92. The predicted octanol–water partition coefficient (Wildman–Crippen LogP) is 1.81. The molecule has 0 aliphatic rings. The third kappa shape index (κ3) is 6.78. The van der Waals surface area contributed by atoms with Crippen molar-refractivity contribution in [2.75, 3.05) is 20.6 Å². The van der Waals surface area contributed by atoms with Gasteiger partial charge in [-0.1, -0.05) is 13.8 Å². The van der Waals surface area contributed by atoms with Crippen LogP contribution in [0.15, 0.2) is 0 Å². The maximum absolute atomic E-state index is 12.1. The normalized spacial score (nSPS) is 12.7. The van der Waals surface area contributed by atoms with Gasteiger partial charge in [0.15, 0.2) is 0 Å². The molecular formula is C15H28N2O5. The molecule has 0 aliphatic heterocycles. The van der Waals surface area contributed by atoms with Gasteiger partial charge in [0.1, 0.15) is 11.6 Å². The van der Waals surface area contributed by atoms with Crippen molar-refractivity contribution in [3.63, 3.8) is 0 Å². The third-order valence-electron chi connectivity index (χ3n) is 3.06. The number of carbonyl (C=O) groups is 3. The highest BCUT2D eigenvalue weighted by molar-refractivity contribution is 5.84. The largest absolute Gasteiger partial charge is 0.480 e. The topological polar surface area (TPSA) is 87.2 Å².